The molecule has 2 unspecified atom stereocenters. The minimum Gasteiger partial charge on any atom is -0.379 e. The van der Waals surface area contributed by atoms with Gasteiger partial charge in [0.25, 0.3) is 0 Å². The van der Waals surface area contributed by atoms with Crippen molar-refractivity contribution in [3.63, 3.8) is 0 Å². The Morgan fingerprint density at radius 2 is 2.04 bits per heavy atom. The lowest BCUT2D eigenvalue weighted by Gasteiger charge is -2.29. The maximum Gasteiger partial charge on any atom is 0.193 e. The summed E-state index contributed by atoms with van der Waals surface area (Å²) >= 11 is 0. The van der Waals surface area contributed by atoms with Crippen molar-refractivity contribution in [2.24, 2.45) is 10.9 Å². The lowest BCUT2D eigenvalue weighted by molar-refractivity contribution is 0.0315. The van der Waals surface area contributed by atoms with E-state index >= 15 is 0 Å². The first-order valence-electron chi connectivity index (χ1n) is 9.89. The van der Waals surface area contributed by atoms with Gasteiger partial charge in [-0.15, -0.1) is 0 Å². The van der Waals surface area contributed by atoms with E-state index in [4.69, 9.17) is 4.74 Å². The zero-order valence-corrected chi connectivity index (χ0v) is 17.1. The van der Waals surface area contributed by atoms with Crippen LogP contribution in [0.3, 0.4) is 0 Å². The van der Waals surface area contributed by atoms with Crippen LogP contribution in [0.25, 0.3) is 0 Å². The summed E-state index contributed by atoms with van der Waals surface area (Å²) in [4.78, 5) is 9.28. The number of hydrogen-bond acceptors (Lipinski definition) is 4. The van der Waals surface area contributed by atoms with E-state index in [-0.39, 0.29) is 0 Å². The van der Waals surface area contributed by atoms with E-state index in [9.17, 15) is 4.21 Å². The van der Waals surface area contributed by atoms with Crippen LogP contribution >= 0.6 is 0 Å². The highest BCUT2D eigenvalue weighted by Gasteiger charge is 2.27. The zero-order valence-electron chi connectivity index (χ0n) is 16.3. The van der Waals surface area contributed by atoms with Crippen LogP contribution in [0.15, 0.2) is 35.3 Å². The molecule has 1 N–H and O–H groups in total. The molecule has 7 heteroatoms. The number of nitrogens with zero attached hydrogens (tertiary/aromatic N) is 3. The summed E-state index contributed by atoms with van der Waals surface area (Å²) in [6, 6.07) is 10.0. The maximum absolute atomic E-state index is 12.3. The summed E-state index contributed by atoms with van der Waals surface area (Å²) < 4.78 is 17.7. The van der Waals surface area contributed by atoms with Crippen LogP contribution in [0.5, 0.6) is 0 Å². The van der Waals surface area contributed by atoms with E-state index in [1.807, 2.05) is 37.4 Å². The average molecular weight is 393 g/mol. The summed E-state index contributed by atoms with van der Waals surface area (Å²) in [7, 11) is 0.974. The topological polar surface area (TPSA) is 57.2 Å². The minimum absolute atomic E-state index is 0.618. The van der Waals surface area contributed by atoms with Crippen LogP contribution in [0, 0.1) is 5.92 Å². The van der Waals surface area contributed by atoms with Crippen LogP contribution in [0.1, 0.15) is 12.0 Å². The van der Waals surface area contributed by atoms with Gasteiger partial charge in [-0.1, -0.05) is 30.3 Å². The van der Waals surface area contributed by atoms with E-state index in [1.165, 1.54) is 6.42 Å². The lowest BCUT2D eigenvalue weighted by atomic mass is 10.1. The number of nitrogens with one attached hydrogen (secondary N) is 1. The van der Waals surface area contributed by atoms with Crippen LogP contribution in [-0.4, -0.2) is 85.3 Å². The van der Waals surface area contributed by atoms with Gasteiger partial charge < -0.3 is 15.0 Å². The molecule has 2 saturated heterocycles. The molecule has 0 aromatic heterocycles. The summed E-state index contributed by atoms with van der Waals surface area (Å²) in [5, 5.41) is 3.40. The molecule has 2 aliphatic rings. The molecule has 2 heterocycles. The summed E-state index contributed by atoms with van der Waals surface area (Å²) in [6.45, 7) is 7.76. The standard InChI is InChI=1S/C20H32N4O2S/c1-21-20(22-8-14-27(25)17-18-5-3-2-4-6-18)24-9-7-19(16-24)15-23-10-12-26-13-11-23/h2-6,19H,7-17H2,1H3,(H,21,22). The van der Waals surface area contributed by atoms with Gasteiger partial charge in [-0.25, -0.2) is 0 Å². The highest BCUT2D eigenvalue weighted by atomic mass is 32.2. The molecule has 2 atom stereocenters. The van der Waals surface area contributed by atoms with E-state index in [0.717, 1.165) is 57.5 Å². The monoisotopic (exact) mass is 392 g/mol. The lowest BCUT2D eigenvalue weighted by Crippen LogP contribution is -2.43. The fourth-order valence-corrected chi connectivity index (χ4v) is 4.80. The zero-order chi connectivity index (χ0) is 18.9. The number of likely N-dealkylation sites (tertiary alicyclic amines) is 1. The molecule has 1 aromatic rings. The van der Waals surface area contributed by atoms with Gasteiger partial charge >= 0.3 is 0 Å². The normalized spacial score (nSPS) is 22.8. The van der Waals surface area contributed by atoms with Gasteiger partial charge in [-0.05, 0) is 17.9 Å². The van der Waals surface area contributed by atoms with Crippen molar-refractivity contribution in [3.8, 4) is 0 Å². The molecule has 0 bridgehead atoms. The molecular formula is C20H32N4O2S. The van der Waals surface area contributed by atoms with Crippen molar-refractivity contribution >= 4 is 16.8 Å². The Labute approximate surface area is 165 Å². The second-order valence-corrected chi connectivity index (χ2v) is 8.84. The molecule has 150 valence electrons. The van der Waals surface area contributed by atoms with Crippen molar-refractivity contribution in [2.75, 3.05) is 65.3 Å². The molecule has 2 aliphatic heterocycles. The first-order valence-corrected chi connectivity index (χ1v) is 11.4. The molecular weight excluding hydrogens is 360 g/mol. The second-order valence-electron chi connectivity index (χ2n) is 7.26. The number of hydrogen-bond donors (Lipinski definition) is 1. The van der Waals surface area contributed by atoms with Crippen molar-refractivity contribution in [1.29, 1.82) is 0 Å². The van der Waals surface area contributed by atoms with Gasteiger partial charge in [0.05, 0.1) is 13.2 Å². The van der Waals surface area contributed by atoms with Crippen molar-refractivity contribution in [2.45, 2.75) is 12.2 Å². The summed E-state index contributed by atoms with van der Waals surface area (Å²) in [5.41, 5.74) is 1.13. The van der Waals surface area contributed by atoms with Gasteiger partial charge in [0.1, 0.15) is 0 Å². The molecule has 27 heavy (non-hydrogen) atoms. The van der Waals surface area contributed by atoms with Gasteiger partial charge in [0.2, 0.25) is 0 Å². The Morgan fingerprint density at radius 3 is 2.78 bits per heavy atom. The number of ether oxygens (including phenoxy) is 1. The highest BCUT2D eigenvalue weighted by molar-refractivity contribution is 7.84. The van der Waals surface area contributed by atoms with E-state index in [0.29, 0.717) is 24.0 Å². The van der Waals surface area contributed by atoms with Crippen molar-refractivity contribution < 1.29 is 8.95 Å². The van der Waals surface area contributed by atoms with Gasteiger partial charge in [0, 0.05) is 68.6 Å². The number of morpholine rings is 1. The van der Waals surface area contributed by atoms with E-state index in [2.05, 4.69) is 20.1 Å². The summed E-state index contributed by atoms with van der Waals surface area (Å²) in [6.07, 6.45) is 1.21. The van der Waals surface area contributed by atoms with Crippen LogP contribution in [0.2, 0.25) is 0 Å². The third-order valence-corrected chi connectivity index (χ3v) is 6.52. The van der Waals surface area contributed by atoms with Crippen molar-refractivity contribution in [3.05, 3.63) is 35.9 Å². The van der Waals surface area contributed by atoms with Crippen molar-refractivity contribution in [1.82, 2.24) is 15.1 Å². The Morgan fingerprint density at radius 1 is 1.26 bits per heavy atom. The maximum atomic E-state index is 12.3. The molecule has 0 aliphatic carbocycles. The molecule has 0 amide bonds. The predicted octanol–water partition coefficient (Wildman–Crippen LogP) is 1.16. The molecule has 0 saturated carbocycles. The first kappa shape index (κ1) is 20.3. The number of guanidine groups is 1. The Hall–Kier alpha value is -1.44. The largest absolute Gasteiger partial charge is 0.379 e. The van der Waals surface area contributed by atoms with E-state index in [1.54, 1.807) is 0 Å². The molecule has 1 aromatic carbocycles. The molecule has 0 spiro atoms. The minimum atomic E-state index is -0.857. The van der Waals surface area contributed by atoms with Gasteiger partial charge in [0.15, 0.2) is 5.96 Å². The average Bonchev–Trinajstić information content (AvgIpc) is 3.15. The number of benzene rings is 1. The Balaban J connectivity index is 1.37. The third-order valence-electron chi connectivity index (χ3n) is 5.20. The van der Waals surface area contributed by atoms with Gasteiger partial charge in [-0.3, -0.25) is 14.1 Å². The van der Waals surface area contributed by atoms with E-state index < -0.39 is 10.8 Å². The second kappa shape index (κ2) is 10.8. The Bertz CT molecular complexity index is 620. The predicted molar refractivity (Wildman–Crippen MR) is 111 cm³/mol. The number of rotatable bonds is 7. The fraction of sp³-hybridized carbons (Fsp3) is 0.650. The molecule has 3 rings (SSSR count). The van der Waals surface area contributed by atoms with Crippen LogP contribution in [0.4, 0.5) is 0 Å². The molecule has 0 radical (unpaired) electrons. The Kier molecular flexibility index (Phi) is 8.10. The SMILES string of the molecule is CN=C(NCCS(=O)Cc1ccccc1)N1CCC(CN2CCOCC2)C1. The fourth-order valence-electron chi connectivity index (χ4n) is 3.76. The smallest absolute Gasteiger partial charge is 0.193 e. The molecule has 2 fully saturated rings. The first-order chi connectivity index (χ1) is 13.2. The number of aliphatic imine (C=N–C) groups is 1. The van der Waals surface area contributed by atoms with Crippen LogP contribution in [-0.2, 0) is 21.3 Å². The summed E-state index contributed by atoms with van der Waals surface area (Å²) in [5.74, 6) is 2.89. The molecule has 6 nitrogen and oxygen atoms in total. The quantitative estimate of drug-likeness (QED) is 0.558. The van der Waals surface area contributed by atoms with Gasteiger partial charge in [-0.2, -0.15) is 0 Å². The highest BCUT2D eigenvalue weighted by Crippen LogP contribution is 2.18. The van der Waals surface area contributed by atoms with Crippen LogP contribution < -0.4 is 5.32 Å². The third kappa shape index (κ3) is 6.59.